The molecule has 1 saturated heterocycles. The fraction of sp³-hybridized carbons (Fsp3) is 0.571. The van der Waals surface area contributed by atoms with Crippen LogP contribution < -0.4 is 0 Å². The molecule has 1 aliphatic heterocycles. The Labute approximate surface area is 234 Å². The van der Waals surface area contributed by atoms with Gasteiger partial charge in [0.25, 0.3) is 0 Å². The Hall–Kier alpha value is -2.39. The van der Waals surface area contributed by atoms with Gasteiger partial charge in [-0.05, 0) is 111 Å². The van der Waals surface area contributed by atoms with Crippen molar-refractivity contribution in [3.63, 3.8) is 0 Å². The third-order valence-electron chi connectivity index (χ3n) is 7.87. The highest BCUT2D eigenvalue weighted by Crippen LogP contribution is 2.38. The van der Waals surface area contributed by atoms with E-state index in [0.29, 0.717) is 11.8 Å². The van der Waals surface area contributed by atoms with Gasteiger partial charge in [0.05, 0.1) is 0 Å². The molecule has 1 aromatic carbocycles. The molecule has 2 rings (SSSR count). The minimum absolute atomic E-state index is 0.417. The van der Waals surface area contributed by atoms with Crippen LogP contribution in [0.5, 0.6) is 0 Å². The van der Waals surface area contributed by atoms with Gasteiger partial charge in [0.2, 0.25) is 0 Å². The lowest BCUT2D eigenvalue weighted by Crippen LogP contribution is -2.35. The van der Waals surface area contributed by atoms with Gasteiger partial charge in [-0.2, -0.15) is 0 Å². The van der Waals surface area contributed by atoms with E-state index in [9.17, 15) is 0 Å². The number of nitrogens with one attached hydrogen (secondary N) is 1. The number of likely N-dealkylation sites (N-methyl/N-ethyl adjacent to an activating group) is 1. The number of aryl methyl sites for hydroxylation is 1. The molecule has 3 heteroatoms. The van der Waals surface area contributed by atoms with Crippen LogP contribution in [0.2, 0.25) is 0 Å². The highest BCUT2D eigenvalue weighted by atomic mass is 15.2. The van der Waals surface area contributed by atoms with Crippen LogP contribution in [0, 0.1) is 18.3 Å². The fourth-order valence-corrected chi connectivity index (χ4v) is 5.80. The fourth-order valence-electron chi connectivity index (χ4n) is 5.80. The molecule has 0 unspecified atom stereocenters. The van der Waals surface area contributed by atoms with E-state index >= 15 is 0 Å². The van der Waals surface area contributed by atoms with Gasteiger partial charge in [-0.15, -0.1) is 0 Å². The average Bonchev–Trinajstić information content (AvgIpc) is 2.87. The molecule has 1 aromatic rings. The summed E-state index contributed by atoms with van der Waals surface area (Å²) >= 11 is 0. The van der Waals surface area contributed by atoms with Crippen molar-refractivity contribution >= 4 is 11.3 Å². The van der Waals surface area contributed by atoms with Gasteiger partial charge in [0.15, 0.2) is 0 Å². The zero-order valence-electron chi connectivity index (χ0n) is 26.0. The Morgan fingerprint density at radius 1 is 1.13 bits per heavy atom. The number of likely N-dealkylation sites (tertiary alicyclic amines) is 1. The third-order valence-corrected chi connectivity index (χ3v) is 7.87. The van der Waals surface area contributed by atoms with E-state index in [-0.39, 0.29) is 0 Å². The SMILES string of the molecule is C=C(CN(C)C)N1CCC(c2ccc(C)c(/C(=C(CCC)/C(/C=C(/C)C(=N)CCC)=C/C)C(C)C)c2)CC1. The van der Waals surface area contributed by atoms with E-state index in [1.54, 1.807) is 0 Å². The molecule has 1 N–H and O–H groups in total. The smallest absolute Gasteiger partial charge is 0.0371 e. The Morgan fingerprint density at radius 3 is 2.29 bits per heavy atom. The standard InChI is InChI=1S/C35H55N3/c1-11-14-32(29(13-3)22-27(7)34(36)15-12-2)35(25(4)5)33-23-31(17-16-26(33)6)30-18-20-38(21-19-30)28(8)24-37(9)10/h13,16-17,22-23,25,30,36H,8,11-12,14-15,18-21,24H2,1-7,9-10H3/b27-22-,29-13+,35-32+,36-34?. The molecule has 0 saturated carbocycles. The first-order valence-corrected chi connectivity index (χ1v) is 14.9. The molecule has 3 nitrogen and oxygen atoms in total. The Kier molecular flexibility index (Phi) is 12.8. The van der Waals surface area contributed by atoms with Crippen LogP contribution in [-0.2, 0) is 0 Å². The first-order valence-electron chi connectivity index (χ1n) is 14.9. The number of benzene rings is 1. The van der Waals surface area contributed by atoms with Crippen molar-refractivity contribution in [3.8, 4) is 0 Å². The molecular weight excluding hydrogens is 462 g/mol. The summed E-state index contributed by atoms with van der Waals surface area (Å²) in [6.45, 7) is 23.1. The maximum absolute atomic E-state index is 8.49. The maximum atomic E-state index is 8.49. The van der Waals surface area contributed by atoms with Crippen LogP contribution in [0.4, 0.5) is 0 Å². The predicted octanol–water partition coefficient (Wildman–Crippen LogP) is 9.17. The molecule has 1 aliphatic rings. The average molecular weight is 518 g/mol. The monoisotopic (exact) mass is 517 g/mol. The second-order valence-electron chi connectivity index (χ2n) is 11.7. The molecule has 0 radical (unpaired) electrons. The molecule has 210 valence electrons. The minimum Gasteiger partial charge on any atom is -0.374 e. The number of rotatable bonds is 13. The lowest BCUT2D eigenvalue weighted by Gasteiger charge is -2.36. The molecule has 0 aliphatic carbocycles. The molecule has 1 heterocycles. The zero-order chi connectivity index (χ0) is 28.4. The van der Waals surface area contributed by atoms with Crippen molar-refractivity contribution in [1.82, 2.24) is 9.80 Å². The van der Waals surface area contributed by atoms with Gasteiger partial charge in [-0.1, -0.05) is 77.5 Å². The van der Waals surface area contributed by atoms with E-state index < -0.39 is 0 Å². The molecule has 0 spiro atoms. The summed E-state index contributed by atoms with van der Waals surface area (Å²) in [6, 6.07) is 7.23. The summed E-state index contributed by atoms with van der Waals surface area (Å²) < 4.78 is 0. The van der Waals surface area contributed by atoms with Crippen LogP contribution in [0.15, 0.2) is 59.3 Å². The largest absolute Gasteiger partial charge is 0.374 e. The molecule has 0 bridgehead atoms. The van der Waals surface area contributed by atoms with Crippen LogP contribution in [0.3, 0.4) is 0 Å². The zero-order valence-corrected chi connectivity index (χ0v) is 26.0. The summed E-state index contributed by atoms with van der Waals surface area (Å²) in [5, 5.41) is 8.49. The van der Waals surface area contributed by atoms with Gasteiger partial charge in [-0.25, -0.2) is 0 Å². The molecule has 0 amide bonds. The summed E-state index contributed by atoms with van der Waals surface area (Å²) in [4.78, 5) is 4.68. The molecular formula is C35H55N3. The Morgan fingerprint density at radius 2 is 1.76 bits per heavy atom. The highest BCUT2D eigenvalue weighted by molar-refractivity contribution is 5.97. The maximum Gasteiger partial charge on any atom is 0.0371 e. The summed E-state index contributed by atoms with van der Waals surface area (Å²) in [5.41, 5.74) is 11.5. The van der Waals surface area contributed by atoms with Gasteiger partial charge in [-0.3, -0.25) is 0 Å². The van der Waals surface area contributed by atoms with Crippen LogP contribution in [0.25, 0.3) is 5.57 Å². The third kappa shape index (κ3) is 8.56. The number of piperidine rings is 1. The molecule has 0 aromatic heterocycles. The second kappa shape index (κ2) is 15.3. The van der Waals surface area contributed by atoms with Crippen molar-refractivity contribution in [1.29, 1.82) is 5.41 Å². The van der Waals surface area contributed by atoms with Crippen molar-refractivity contribution in [2.45, 2.75) is 92.9 Å². The van der Waals surface area contributed by atoms with Crippen LogP contribution in [-0.4, -0.2) is 49.2 Å². The number of allylic oxidation sites excluding steroid dienone is 6. The van der Waals surface area contributed by atoms with Gasteiger partial charge < -0.3 is 15.2 Å². The predicted molar refractivity (Wildman–Crippen MR) is 169 cm³/mol. The van der Waals surface area contributed by atoms with Crippen LogP contribution >= 0.6 is 0 Å². The molecule has 0 atom stereocenters. The first-order chi connectivity index (χ1) is 18.0. The second-order valence-corrected chi connectivity index (χ2v) is 11.7. The van der Waals surface area contributed by atoms with Crippen LogP contribution in [0.1, 0.15) is 103 Å². The minimum atomic E-state index is 0.417. The topological polar surface area (TPSA) is 30.3 Å². The number of hydrogen-bond acceptors (Lipinski definition) is 3. The van der Waals surface area contributed by atoms with Gasteiger partial charge in [0, 0.05) is 31.0 Å². The first kappa shape index (κ1) is 31.8. The van der Waals surface area contributed by atoms with E-state index in [0.717, 1.165) is 56.6 Å². The lowest BCUT2D eigenvalue weighted by atomic mass is 9.80. The molecule has 38 heavy (non-hydrogen) atoms. The number of hydrogen-bond donors (Lipinski definition) is 1. The summed E-state index contributed by atoms with van der Waals surface area (Å²) in [5.74, 6) is 1.01. The van der Waals surface area contributed by atoms with Crippen molar-refractivity contribution in [2.75, 3.05) is 33.7 Å². The Bertz CT molecular complexity index is 1040. The lowest BCUT2D eigenvalue weighted by molar-refractivity contribution is 0.243. The Balaban J connectivity index is 2.48. The van der Waals surface area contributed by atoms with Crippen molar-refractivity contribution < 1.29 is 0 Å². The summed E-state index contributed by atoms with van der Waals surface area (Å²) in [7, 11) is 4.23. The van der Waals surface area contributed by atoms with Gasteiger partial charge >= 0.3 is 0 Å². The van der Waals surface area contributed by atoms with E-state index in [4.69, 9.17) is 5.41 Å². The quantitative estimate of drug-likeness (QED) is 0.209. The normalized spacial score (nSPS) is 16.3. The highest BCUT2D eigenvalue weighted by Gasteiger charge is 2.24. The number of nitrogens with zero attached hydrogens (tertiary/aromatic N) is 2. The van der Waals surface area contributed by atoms with Crippen molar-refractivity contribution in [3.05, 3.63) is 76.0 Å². The van der Waals surface area contributed by atoms with E-state index in [1.165, 1.54) is 51.9 Å². The van der Waals surface area contributed by atoms with Gasteiger partial charge in [0.1, 0.15) is 0 Å². The van der Waals surface area contributed by atoms with E-state index in [1.807, 2.05) is 0 Å². The summed E-state index contributed by atoms with van der Waals surface area (Å²) in [6.07, 6.45) is 10.9. The van der Waals surface area contributed by atoms with E-state index in [2.05, 4.69) is 109 Å². The molecule has 1 fully saturated rings. The van der Waals surface area contributed by atoms with Crippen molar-refractivity contribution in [2.24, 2.45) is 5.92 Å².